The molecule has 0 aromatic carbocycles. The van der Waals surface area contributed by atoms with Crippen molar-refractivity contribution in [2.75, 3.05) is 0 Å². The van der Waals surface area contributed by atoms with Gasteiger partial charge in [-0.05, 0) is 5.92 Å². The van der Waals surface area contributed by atoms with E-state index in [0.717, 1.165) is 12.3 Å². The van der Waals surface area contributed by atoms with Crippen LogP contribution in [0.25, 0.3) is 0 Å². The molecular formula is C23H47. The van der Waals surface area contributed by atoms with Crippen LogP contribution in [0.3, 0.4) is 0 Å². The first-order valence-corrected chi connectivity index (χ1v) is 11.1. The summed E-state index contributed by atoms with van der Waals surface area (Å²) in [6.45, 7) is 8.60. The molecule has 0 aromatic rings. The lowest BCUT2D eigenvalue weighted by molar-refractivity contribution is 0.378. The van der Waals surface area contributed by atoms with Gasteiger partial charge in [0.1, 0.15) is 0 Å². The summed E-state index contributed by atoms with van der Waals surface area (Å²) >= 11 is 0. The molecule has 0 amide bonds. The molecule has 1 atom stereocenters. The predicted octanol–water partition coefficient (Wildman–Crippen LogP) is 8.89. The first-order valence-electron chi connectivity index (χ1n) is 11.1. The van der Waals surface area contributed by atoms with Gasteiger partial charge in [-0.25, -0.2) is 0 Å². The zero-order valence-corrected chi connectivity index (χ0v) is 16.7. The van der Waals surface area contributed by atoms with Crippen LogP contribution in [0.4, 0.5) is 0 Å². The first-order chi connectivity index (χ1) is 11.3. The Kier molecular flexibility index (Phi) is 20.0. The fourth-order valence-electron chi connectivity index (χ4n) is 3.73. The Morgan fingerprint density at radius 2 is 0.913 bits per heavy atom. The molecule has 0 fully saturated rings. The SMILES string of the molecule is [CH2]CCCCCC(CCC)CCCCCCCCCCCCC. The maximum absolute atomic E-state index is 3.95. The first kappa shape index (κ1) is 23.0. The van der Waals surface area contributed by atoms with E-state index in [1.54, 1.807) is 0 Å². The summed E-state index contributed by atoms with van der Waals surface area (Å²) in [5.74, 6) is 1.02. The Bertz CT molecular complexity index is 196. The summed E-state index contributed by atoms with van der Waals surface area (Å²) in [6, 6.07) is 0. The molecule has 1 radical (unpaired) electrons. The van der Waals surface area contributed by atoms with Gasteiger partial charge < -0.3 is 0 Å². The Morgan fingerprint density at radius 1 is 0.478 bits per heavy atom. The number of hydrogen-bond donors (Lipinski definition) is 0. The van der Waals surface area contributed by atoms with E-state index >= 15 is 0 Å². The largest absolute Gasteiger partial charge is 0.0654 e. The van der Waals surface area contributed by atoms with Crippen LogP contribution >= 0.6 is 0 Å². The molecule has 0 heteroatoms. The Hall–Kier alpha value is 0. The molecule has 0 bridgehead atoms. The maximum atomic E-state index is 3.95. The second-order valence-corrected chi connectivity index (χ2v) is 7.68. The molecule has 23 heavy (non-hydrogen) atoms. The van der Waals surface area contributed by atoms with Crippen LogP contribution in [0, 0.1) is 12.8 Å². The molecule has 0 aliphatic carbocycles. The van der Waals surface area contributed by atoms with Crippen molar-refractivity contribution in [3.05, 3.63) is 6.92 Å². The van der Waals surface area contributed by atoms with E-state index in [2.05, 4.69) is 20.8 Å². The van der Waals surface area contributed by atoms with E-state index in [9.17, 15) is 0 Å². The van der Waals surface area contributed by atoms with Gasteiger partial charge in [-0.15, -0.1) is 0 Å². The summed E-state index contributed by atoms with van der Waals surface area (Å²) in [6.07, 6.45) is 27.2. The van der Waals surface area contributed by atoms with Crippen molar-refractivity contribution in [3.63, 3.8) is 0 Å². The third-order valence-corrected chi connectivity index (χ3v) is 5.28. The van der Waals surface area contributed by atoms with Gasteiger partial charge in [0.05, 0.1) is 0 Å². The minimum atomic E-state index is 1.02. The summed E-state index contributed by atoms with van der Waals surface area (Å²) in [5, 5.41) is 0. The lowest BCUT2D eigenvalue weighted by Crippen LogP contribution is -2.00. The lowest BCUT2D eigenvalue weighted by Gasteiger charge is -2.15. The molecule has 1 unspecified atom stereocenters. The van der Waals surface area contributed by atoms with Crippen LogP contribution in [-0.4, -0.2) is 0 Å². The number of unbranched alkanes of at least 4 members (excludes halogenated alkanes) is 13. The van der Waals surface area contributed by atoms with E-state index in [1.165, 1.54) is 116 Å². The summed E-state index contributed by atoms with van der Waals surface area (Å²) in [4.78, 5) is 0. The summed E-state index contributed by atoms with van der Waals surface area (Å²) < 4.78 is 0. The van der Waals surface area contributed by atoms with Crippen LogP contribution in [-0.2, 0) is 0 Å². The van der Waals surface area contributed by atoms with E-state index in [0.29, 0.717) is 0 Å². The molecule has 0 aliphatic rings. The molecule has 0 rings (SSSR count). The van der Waals surface area contributed by atoms with Crippen molar-refractivity contribution in [1.29, 1.82) is 0 Å². The standard InChI is InChI=1S/C23H47/c1-4-7-9-11-12-13-14-15-16-17-19-22-23(20-6-3)21-18-10-8-5-2/h23H,2,4-22H2,1,3H3. The van der Waals surface area contributed by atoms with Gasteiger partial charge in [0.15, 0.2) is 0 Å². The van der Waals surface area contributed by atoms with Gasteiger partial charge in [-0.2, -0.15) is 0 Å². The molecular weight excluding hydrogens is 276 g/mol. The molecule has 0 saturated heterocycles. The summed E-state index contributed by atoms with van der Waals surface area (Å²) in [5.41, 5.74) is 0. The molecule has 0 nitrogen and oxygen atoms in total. The highest BCUT2D eigenvalue weighted by atomic mass is 14.1. The highest BCUT2D eigenvalue weighted by Gasteiger charge is 2.07. The second-order valence-electron chi connectivity index (χ2n) is 7.68. The minimum Gasteiger partial charge on any atom is -0.0654 e. The number of rotatable bonds is 19. The van der Waals surface area contributed by atoms with Gasteiger partial charge >= 0.3 is 0 Å². The normalized spacial score (nSPS) is 12.7. The average Bonchev–Trinajstić information content (AvgIpc) is 2.56. The highest BCUT2D eigenvalue weighted by molar-refractivity contribution is 4.60. The average molecular weight is 324 g/mol. The monoisotopic (exact) mass is 323 g/mol. The highest BCUT2D eigenvalue weighted by Crippen LogP contribution is 2.23. The van der Waals surface area contributed by atoms with E-state index in [-0.39, 0.29) is 0 Å². The van der Waals surface area contributed by atoms with E-state index in [1.807, 2.05) is 0 Å². The van der Waals surface area contributed by atoms with Gasteiger partial charge in [0, 0.05) is 0 Å². The molecule has 0 N–H and O–H groups in total. The molecule has 0 aromatic heterocycles. The smallest absolute Gasteiger partial charge is 0.0414 e. The van der Waals surface area contributed by atoms with Crippen molar-refractivity contribution in [2.45, 2.75) is 136 Å². The van der Waals surface area contributed by atoms with Crippen LogP contribution in [0.2, 0.25) is 0 Å². The van der Waals surface area contributed by atoms with Crippen LogP contribution in [0.15, 0.2) is 0 Å². The fourth-order valence-corrected chi connectivity index (χ4v) is 3.73. The Labute approximate surface area is 149 Å². The number of hydrogen-bond acceptors (Lipinski definition) is 0. The summed E-state index contributed by atoms with van der Waals surface area (Å²) in [7, 11) is 0. The van der Waals surface area contributed by atoms with Gasteiger partial charge in [0.25, 0.3) is 0 Å². The quantitative estimate of drug-likeness (QED) is 0.208. The molecule has 0 aliphatic heterocycles. The van der Waals surface area contributed by atoms with Crippen LogP contribution in [0.5, 0.6) is 0 Å². The zero-order valence-electron chi connectivity index (χ0n) is 16.7. The Morgan fingerprint density at radius 3 is 1.35 bits per heavy atom. The van der Waals surface area contributed by atoms with Crippen molar-refractivity contribution in [3.8, 4) is 0 Å². The van der Waals surface area contributed by atoms with Crippen molar-refractivity contribution in [1.82, 2.24) is 0 Å². The zero-order chi connectivity index (χ0) is 17.0. The van der Waals surface area contributed by atoms with Gasteiger partial charge in [-0.3, -0.25) is 0 Å². The predicted molar refractivity (Wildman–Crippen MR) is 108 cm³/mol. The van der Waals surface area contributed by atoms with Crippen molar-refractivity contribution in [2.24, 2.45) is 5.92 Å². The molecule has 0 heterocycles. The topological polar surface area (TPSA) is 0 Å². The van der Waals surface area contributed by atoms with Gasteiger partial charge in [0.2, 0.25) is 0 Å². The Balaban J connectivity index is 3.34. The third kappa shape index (κ3) is 18.2. The van der Waals surface area contributed by atoms with Crippen molar-refractivity contribution < 1.29 is 0 Å². The van der Waals surface area contributed by atoms with Crippen molar-refractivity contribution >= 4 is 0 Å². The minimum absolute atomic E-state index is 1.02. The fraction of sp³-hybridized carbons (Fsp3) is 0.957. The maximum Gasteiger partial charge on any atom is -0.0414 e. The lowest BCUT2D eigenvalue weighted by atomic mass is 9.91. The van der Waals surface area contributed by atoms with E-state index in [4.69, 9.17) is 0 Å². The van der Waals surface area contributed by atoms with Gasteiger partial charge in [-0.1, -0.05) is 143 Å². The van der Waals surface area contributed by atoms with E-state index < -0.39 is 0 Å². The molecule has 0 spiro atoms. The molecule has 139 valence electrons. The van der Waals surface area contributed by atoms with Crippen LogP contribution < -0.4 is 0 Å². The molecule has 0 saturated carbocycles. The van der Waals surface area contributed by atoms with Crippen LogP contribution in [0.1, 0.15) is 136 Å². The third-order valence-electron chi connectivity index (χ3n) is 5.28. The second kappa shape index (κ2) is 20.0.